The average Bonchev–Trinajstić information content (AvgIpc) is 2.37. The van der Waals surface area contributed by atoms with Crippen LogP contribution in [0.25, 0.3) is 0 Å². The van der Waals surface area contributed by atoms with Crippen LogP contribution < -0.4 is 0 Å². The second-order valence-corrected chi connectivity index (χ2v) is 16.5. The van der Waals surface area contributed by atoms with Gasteiger partial charge in [-0.15, -0.1) is 0 Å². The van der Waals surface area contributed by atoms with Gasteiger partial charge in [-0.1, -0.05) is 20.8 Å². The lowest BCUT2D eigenvalue weighted by Gasteiger charge is -2.53. The number of ether oxygens (including phenoxy) is 1. The predicted molar refractivity (Wildman–Crippen MR) is 116 cm³/mol. The monoisotopic (exact) mass is 385 g/mol. The standard InChI is InChI=1S/C22H47NO2Si/c1-19(2,3)25-26(12,20(4,5)6)15-13-14-24-18-16-21(7,8)23(11)22(9,10)17-18/h18H,13-17H2,1-12H3. The zero-order valence-corrected chi connectivity index (χ0v) is 20.9. The number of likely N-dealkylation sites (tertiary alicyclic amines) is 1. The van der Waals surface area contributed by atoms with Gasteiger partial charge in [-0.25, -0.2) is 0 Å². The minimum Gasteiger partial charge on any atom is -0.412 e. The zero-order valence-electron chi connectivity index (χ0n) is 19.9. The van der Waals surface area contributed by atoms with E-state index in [1.807, 2.05) is 0 Å². The molecule has 156 valence electrons. The Hall–Kier alpha value is 0.0969. The molecule has 0 spiro atoms. The van der Waals surface area contributed by atoms with Crippen LogP contribution >= 0.6 is 0 Å². The summed E-state index contributed by atoms with van der Waals surface area (Å²) in [6.45, 7) is 26.2. The topological polar surface area (TPSA) is 21.7 Å². The van der Waals surface area contributed by atoms with Crippen molar-refractivity contribution in [2.45, 2.75) is 129 Å². The van der Waals surface area contributed by atoms with Crippen molar-refractivity contribution in [3.05, 3.63) is 0 Å². The fraction of sp³-hybridized carbons (Fsp3) is 1.00. The molecule has 0 aromatic heterocycles. The molecule has 26 heavy (non-hydrogen) atoms. The Morgan fingerprint density at radius 2 is 1.42 bits per heavy atom. The minimum absolute atomic E-state index is 0.0723. The lowest BCUT2D eigenvalue weighted by molar-refractivity contribution is -0.0913. The molecule has 1 aliphatic heterocycles. The molecule has 0 N–H and O–H groups in total. The first kappa shape index (κ1) is 24.1. The van der Waals surface area contributed by atoms with E-state index in [0.717, 1.165) is 31.9 Å². The molecule has 0 aromatic rings. The van der Waals surface area contributed by atoms with Gasteiger partial charge in [-0.05, 0) is 92.4 Å². The highest BCUT2D eigenvalue weighted by molar-refractivity contribution is 6.75. The Kier molecular flexibility index (Phi) is 7.28. The third-order valence-corrected chi connectivity index (χ3v) is 12.1. The zero-order chi connectivity index (χ0) is 20.6. The molecule has 1 unspecified atom stereocenters. The molecule has 0 aromatic carbocycles. The first-order chi connectivity index (χ1) is 11.4. The van der Waals surface area contributed by atoms with E-state index < -0.39 is 8.32 Å². The molecule has 4 heteroatoms. The van der Waals surface area contributed by atoms with Gasteiger partial charge in [0.1, 0.15) is 0 Å². The summed E-state index contributed by atoms with van der Waals surface area (Å²) in [7, 11) is 0.421. The van der Waals surface area contributed by atoms with Crippen LogP contribution in [-0.2, 0) is 9.16 Å². The Morgan fingerprint density at radius 3 is 1.81 bits per heavy atom. The van der Waals surface area contributed by atoms with Crippen molar-refractivity contribution >= 4 is 8.32 Å². The second kappa shape index (κ2) is 7.85. The lowest BCUT2D eigenvalue weighted by atomic mass is 9.79. The van der Waals surface area contributed by atoms with Crippen molar-refractivity contribution in [3.63, 3.8) is 0 Å². The fourth-order valence-corrected chi connectivity index (χ4v) is 7.64. The maximum atomic E-state index is 6.64. The predicted octanol–water partition coefficient (Wildman–Crippen LogP) is 6.24. The summed E-state index contributed by atoms with van der Waals surface area (Å²) < 4.78 is 13.0. The Bertz CT molecular complexity index is 444. The molecule has 1 fully saturated rings. The van der Waals surface area contributed by atoms with Crippen LogP contribution in [0.2, 0.25) is 17.6 Å². The molecule has 1 saturated heterocycles. The lowest BCUT2D eigenvalue weighted by Crippen LogP contribution is -2.60. The van der Waals surface area contributed by atoms with Gasteiger partial charge in [0, 0.05) is 23.3 Å². The third kappa shape index (κ3) is 6.32. The number of piperidine rings is 1. The number of rotatable bonds is 6. The SMILES string of the molecule is CN1C(C)(C)CC(OCCC[Si](C)(OC(C)(C)C)C(C)(C)C)CC1(C)C. The maximum absolute atomic E-state index is 6.64. The van der Waals surface area contributed by atoms with Crippen molar-refractivity contribution in [3.8, 4) is 0 Å². The average molecular weight is 386 g/mol. The molecule has 0 radical (unpaired) electrons. The van der Waals surface area contributed by atoms with E-state index >= 15 is 0 Å². The van der Waals surface area contributed by atoms with Crippen molar-refractivity contribution < 1.29 is 9.16 Å². The van der Waals surface area contributed by atoms with Gasteiger partial charge in [0.2, 0.25) is 0 Å². The minimum atomic E-state index is -1.83. The van der Waals surface area contributed by atoms with Gasteiger partial charge in [-0.2, -0.15) is 0 Å². The summed E-state index contributed by atoms with van der Waals surface area (Å²) in [4.78, 5) is 2.51. The van der Waals surface area contributed by atoms with Gasteiger partial charge in [0.15, 0.2) is 8.32 Å². The summed E-state index contributed by atoms with van der Waals surface area (Å²) in [6, 6.07) is 1.16. The van der Waals surface area contributed by atoms with Crippen molar-refractivity contribution in [2.24, 2.45) is 0 Å². The molecular weight excluding hydrogens is 338 g/mol. The summed E-state index contributed by atoms with van der Waals surface area (Å²) in [6.07, 6.45) is 3.68. The summed E-state index contributed by atoms with van der Waals surface area (Å²) in [5, 5.41) is 0.234. The van der Waals surface area contributed by atoms with E-state index in [9.17, 15) is 0 Å². The van der Waals surface area contributed by atoms with E-state index in [2.05, 4.69) is 87.7 Å². The molecule has 0 bridgehead atoms. The molecule has 1 rings (SSSR count). The molecular formula is C22H47NO2Si. The molecule has 0 aliphatic carbocycles. The molecule has 1 heterocycles. The highest BCUT2D eigenvalue weighted by Gasteiger charge is 2.45. The van der Waals surface area contributed by atoms with Crippen molar-refractivity contribution in [1.29, 1.82) is 0 Å². The largest absolute Gasteiger partial charge is 0.412 e. The molecule has 1 aliphatic rings. The molecule has 0 amide bonds. The van der Waals surface area contributed by atoms with Crippen molar-refractivity contribution in [2.75, 3.05) is 13.7 Å². The van der Waals surface area contributed by atoms with Gasteiger partial charge >= 0.3 is 0 Å². The Morgan fingerprint density at radius 1 is 0.962 bits per heavy atom. The number of hydrogen-bond donors (Lipinski definition) is 0. The van der Waals surface area contributed by atoms with Crippen LogP contribution in [0, 0.1) is 0 Å². The highest BCUT2D eigenvalue weighted by Crippen LogP contribution is 2.43. The van der Waals surface area contributed by atoms with Gasteiger partial charge in [-0.3, -0.25) is 4.90 Å². The van der Waals surface area contributed by atoms with Crippen LogP contribution in [0.4, 0.5) is 0 Å². The quantitative estimate of drug-likeness (QED) is 0.399. The van der Waals surface area contributed by atoms with Crippen LogP contribution in [0.3, 0.4) is 0 Å². The molecule has 1 atom stereocenters. The summed E-state index contributed by atoms with van der Waals surface area (Å²) in [5.74, 6) is 0. The fourth-order valence-electron chi connectivity index (χ4n) is 4.31. The van der Waals surface area contributed by atoms with E-state index in [1.165, 1.54) is 0 Å². The first-order valence-corrected chi connectivity index (χ1v) is 13.1. The van der Waals surface area contributed by atoms with E-state index in [-0.39, 0.29) is 21.7 Å². The van der Waals surface area contributed by atoms with E-state index in [0.29, 0.717) is 6.10 Å². The molecule has 3 nitrogen and oxygen atoms in total. The number of nitrogens with zero attached hydrogens (tertiary/aromatic N) is 1. The van der Waals surface area contributed by atoms with Gasteiger partial charge in [0.25, 0.3) is 0 Å². The third-order valence-electron chi connectivity index (χ3n) is 6.54. The molecule has 0 saturated carbocycles. The van der Waals surface area contributed by atoms with E-state index in [4.69, 9.17) is 9.16 Å². The van der Waals surface area contributed by atoms with Crippen LogP contribution in [-0.4, -0.2) is 49.7 Å². The van der Waals surface area contributed by atoms with Crippen LogP contribution in [0.15, 0.2) is 0 Å². The first-order valence-electron chi connectivity index (χ1n) is 10.5. The van der Waals surface area contributed by atoms with Crippen LogP contribution in [0.1, 0.15) is 88.5 Å². The Balaban J connectivity index is 2.62. The normalized spacial score (nSPS) is 24.5. The summed E-state index contributed by atoms with van der Waals surface area (Å²) in [5.41, 5.74) is 0.310. The van der Waals surface area contributed by atoms with E-state index in [1.54, 1.807) is 0 Å². The number of hydrogen-bond acceptors (Lipinski definition) is 3. The smallest absolute Gasteiger partial charge is 0.195 e. The summed E-state index contributed by atoms with van der Waals surface area (Å²) >= 11 is 0. The van der Waals surface area contributed by atoms with Crippen molar-refractivity contribution in [1.82, 2.24) is 4.90 Å². The van der Waals surface area contributed by atoms with Gasteiger partial charge in [0.05, 0.1) is 6.10 Å². The van der Waals surface area contributed by atoms with Crippen LogP contribution in [0.5, 0.6) is 0 Å². The van der Waals surface area contributed by atoms with Gasteiger partial charge < -0.3 is 9.16 Å². The maximum Gasteiger partial charge on any atom is 0.195 e. The Labute approximate surface area is 165 Å². The second-order valence-electron chi connectivity index (χ2n) is 11.9. The highest BCUT2D eigenvalue weighted by atomic mass is 28.4.